The van der Waals surface area contributed by atoms with Gasteiger partial charge in [-0.3, -0.25) is 14.6 Å². The normalized spacial score (nSPS) is 16.0. The van der Waals surface area contributed by atoms with Crippen LogP contribution in [0.4, 0.5) is 0 Å². The maximum Gasteiger partial charge on any atom is 0.290 e. The van der Waals surface area contributed by atoms with Gasteiger partial charge in [0, 0.05) is 24.5 Å². The van der Waals surface area contributed by atoms with E-state index in [2.05, 4.69) is 4.98 Å². The molecule has 0 fully saturated rings. The number of ketones is 1. The largest absolute Gasteiger partial charge is 0.503 e. The summed E-state index contributed by atoms with van der Waals surface area (Å²) < 4.78 is 11.0. The minimum Gasteiger partial charge on any atom is -0.503 e. The summed E-state index contributed by atoms with van der Waals surface area (Å²) in [4.78, 5) is 32.4. The number of thiophene rings is 1. The molecule has 7 nitrogen and oxygen atoms in total. The molecule has 1 amide bonds. The molecule has 1 aliphatic rings. The molecule has 0 saturated heterocycles. The minimum atomic E-state index is -0.854. The predicted octanol–water partition coefficient (Wildman–Crippen LogP) is 3.94. The molecule has 8 heteroatoms. The highest BCUT2D eigenvalue weighted by Crippen LogP contribution is 2.46. The number of nitrogens with zero attached hydrogens (tertiary/aromatic N) is 2. The number of rotatable bonds is 7. The molecule has 1 unspecified atom stereocenters. The maximum absolute atomic E-state index is 13.3. The number of ether oxygens (including phenoxy) is 2. The number of aliphatic hydroxyl groups excluding tert-OH is 1. The molecule has 3 heterocycles. The van der Waals surface area contributed by atoms with Gasteiger partial charge >= 0.3 is 0 Å². The van der Waals surface area contributed by atoms with Gasteiger partial charge in [0.15, 0.2) is 17.3 Å². The Bertz CT molecular complexity index is 1140. The Morgan fingerprint density at radius 3 is 2.65 bits per heavy atom. The molecule has 1 aliphatic heterocycles. The molecule has 0 bridgehead atoms. The van der Waals surface area contributed by atoms with Crippen LogP contribution in [0.1, 0.15) is 26.8 Å². The maximum atomic E-state index is 13.3. The van der Waals surface area contributed by atoms with E-state index in [1.807, 2.05) is 6.07 Å². The third kappa shape index (κ3) is 3.66. The molecule has 0 saturated carbocycles. The van der Waals surface area contributed by atoms with Crippen LogP contribution < -0.4 is 9.47 Å². The standard InChI is InChI=1S/C23H20N2O5S/c1-29-16-8-3-7-15(22(16)30-2)19-18(20(26)17-9-5-11-31-17)21(27)23(28)25(19)13-14-6-4-10-24-12-14/h3-12,19,27H,13H2,1-2H3. The van der Waals surface area contributed by atoms with E-state index in [4.69, 9.17) is 9.47 Å². The van der Waals surface area contributed by atoms with Crippen LogP contribution in [0.15, 0.2) is 71.6 Å². The number of Topliss-reactive ketones (excluding diaryl/α,β-unsaturated/α-hetero) is 1. The highest BCUT2D eigenvalue weighted by Gasteiger charge is 2.45. The lowest BCUT2D eigenvalue weighted by Gasteiger charge is -2.28. The number of para-hydroxylation sites is 1. The second-order valence-corrected chi connectivity index (χ2v) is 7.80. The van der Waals surface area contributed by atoms with E-state index in [0.29, 0.717) is 21.9 Å². The van der Waals surface area contributed by atoms with Crippen molar-refractivity contribution in [2.45, 2.75) is 12.6 Å². The smallest absolute Gasteiger partial charge is 0.290 e. The van der Waals surface area contributed by atoms with E-state index in [0.717, 1.165) is 5.56 Å². The van der Waals surface area contributed by atoms with Gasteiger partial charge in [0.05, 0.1) is 30.7 Å². The molecule has 0 aliphatic carbocycles. The Labute approximate surface area is 183 Å². The summed E-state index contributed by atoms with van der Waals surface area (Å²) in [5, 5.41) is 12.6. The monoisotopic (exact) mass is 436 g/mol. The number of hydrogen-bond donors (Lipinski definition) is 1. The lowest BCUT2D eigenvalue weighted by molar-refractivity contribution is -0.130. The predicted molar refractivity (Wildman–Crippen MR) is 115 cm³/mol. The number of methoxy groups -OCH3 is 2. The summed E-state index contributed by atoms with van der Waals surface area (Å²) in [6.45, 7) is 0.156. The van der Waals surface area contributed by atoms with Gasteiger partial charge in [-0.15, -0.1) is 11.3 Å². The lowest BCUT2D eigenvalue weighted by atomic mass is 9.94. The third-order valence-corrected chi connectivity index (χ3v) is 5.97. The zero-order valence-corrected chi connectivity index (χ0v) is 17.8. The Morgan fingerprint density at radius 1 is 1.16 bits per heavy atom. The van der Waals surface area contributed by atoms with Gasteiger partial charge in [0.2, 0.25) is 5.78 Å². The number of carbonyl (C=O) groups is 2. The van der Waals surface area contributed by atoms with Crippen LogP contribution in [-0.4, -0.2) is 40.9 Å². The fraction of sp³-hybridized carbons (Fsp3) is 0.174. The van der Waals surface area contributed by atoms with Crippen molar-refractivity contribution in [2.75, 3.05) is 14.2 Å². The van der Waals surface area contributed by atoms with Crippen LogP contribution in [0.2, 0.25) is 0 Å². The zero-order chi connectivity index (χ0) is 22.0. The minimum absolute atomic E-state index is 0.0166. The second kappa shape index (κ2) is 8.61. The SMILES string of the molecule is COc1cccc(C2C(C(=O)c3cccs3)=C(O)C(=O)N2Cc2cccnc2)c1OC. The third-order valence-electron chi connectivity index (χ3n) is 5.10. The van der Waals surface area contributed by atoms with Crippen LogP contribution in [0, 0.1) is 0 Å². The van der Waals surface area contributed by atoms with Gasteiger partial charge < -0.3 is 19.5 Å². The molecule has 1 atom stereocenters. The topological polar surface area (TPSA) is 89.0 Å². The van der Waals surface area contributed by atoms with Gasteiger partial charge in [-0.2, -0.15) is 0 Å². The molecule has 0 radical (unpaired) electrons. The number of benzene rings is 1. The van der Waals surface area contributed by atoms with E-state index in [1.165, 1.54) is 30.5 Å². The Balaban J connectivity index is 1.88. The summed E-state index contributed by atoms with van der Waals surface area (Å²) in [6, 6.07) is 11.4. The van der Waals surface area contributed by atoms with E-state index in [9.17, 15) is 14.7 Å². The van der Waals surface area contributed by atoms with Crippen molar-refractivity contribution in [1.82, 2.24) is 9.88 Å². The van der Waals surface area contributed by atoms with Gasteiger partial charge in [0.25, 0.3) is 5.91 Å². The first-order valence-electron chi connectivity index (χ1n) is 9.49. The summed E-state index contributed by atoms with van der Waals surface area (Å²) in [6.07, 6.45) is 3.28. The average Bonchev–Trinajstić information content (AvgIpc) is 3.42. The molecule has 31 heavy (non-hydrogen) atoms. The number of aliphatic hydroxyl groups is 1. The van der Waals surface area contributed by atoms with Gasteiger partial charge in [-0.25, -0.2) is 0 Å². The highest BCUT2D eigenvalue weighted by atomic mass is 32.1. The average molecular weight is 436 g/mol. The van der Waals surface area contributed by atoms with Crippen molar-refractivity contribution in [2.24, 2.45) is 0 Å². The van der Waals surface area contributed by atoms with E-state index in [-0.39, 0.29) is 12.1 Å². The van der Waals surface area contributed by atoms with Crippen molar-refractivity contribution in [3.05, 3.63) is 87.6 Å². The Hall–Kier alpha value is -3.65. The molecular weight excluding hydrogens is 416 g/mol. The molecule has 3 aromatic rings. The van der Waals surface area contributed by atoms with Gasteiger partial charge in [-0.05, 0) is 29.1 Å². The summed E-state index contributed by atoms with van der Waals surface area (Å²) in [5.74, 6) is -0.728. The molecular formula is C23H20N2O5S. The molecule has 2 aromatic heterocycles. The lowest BCUT2D eigenvalue weighted by Crippen LogP contribution is -2.31. The molecule has 158 valence electrons. The molecule has 4 rings (SSSR count). The Kier molecular flexibility index (Phi) is 5.73. The summed E-state index contributed by atoms with van der Waals surface area (Å²) in [5.41, 5.74) is 1.33. The first-order chi connectivity index (χ1) is 15.1. The fourth-order valence-electron chi connectivity index (χ4n) is 3.73. The Morgan fingerprint density at radius 2 is 2.00 bits per heavy atom. The number of aromatic nitrogens is 1. The quantitative estimate of drug-likeness (QED) is 0.565. The van der Waals surface area contributed by atoms with Crippen molar-refractivity contribution in [3.8, 4) is 11.5 Å². The van der Waals surface area contributed by atoms with Gasteiger partial charge in [0.1, 0.15) is 0 Å². The van der Waals surface area contributed by atoms with Crippen molar-refractivity contribution < 1.29 is 24.2 Å². The van der Waals surface area contributed by atoms with Crippen LogP contribution in [0.3, 0.4) is 0 Å². The number of carbonyl (C=O) groups excluding carboxylic acids is 2. The molecule has 1 N–H and O–H groups in total. The summed E-state index contributed by atoms with van der Waals surface area (Å²) in [7, 11) is 3.01. The van der Waals surface area contributed by atoms with Crippen LogP contribution >= 0.6 is 11.3 Å². The van der Waals surface area contributed by atoms with Crippen LogP contribution in [0.5, 0.6) is 11.5 Å². The van der Waals surface area contributed by atoms with Crippen molar-refractivity contribution in [3.63, 3.8) is 0 Å². The van der Waals surface area contributed by atoms with E-state index >= 15 is 0 Å². The van der Waals surface area contributed by atoms with Crippen LogP contribution in [-0.2, 0) is 11.3 Å². The van der Waals surface area contributed by atoms with E-state index < -0.39 is 23.5 Å². The number of amides is 1. The number of pyridine rings is 1. The second-order valence-electron chi connectivity index (χ2n) is 6.85. The van der Waals surface area contributed by atoms with E-state index in [1.54, 1.807) is 54.2 Å². The first kappa shape index (κ1) is 20.6. The zero-order valence-electron chi connectivity index (χ0n) is 16.9. The molecule has 0 spiro atoms. The fourth-order valence-corrected chi connectivity index (χ4v) is 4.41. The molecule has 1 aromatic carbocycles. The van der Waals surface area contributed by atoms with Crippen LogP contribution in [0.25, 0.3) is 0 Å². The van der Waals surface area contributed by atoms with Crippen molar-refractivity contribution >= 4 is 23.0 Å². The number of hydrogen-bond acceptors (Lipinski definition) is 7. The van der Waals surface area contributed by atoms with Gasteiger partial charge in [-0.1, -0.05) is 24.3 Å². The highest BCUT2D eigenvalue weighted by molar-refractivity contribution is 7.12. The first-order valence-corrected chi connectivity index (χ1v) is 10.4. The summed E-state index contributed by atoms with van der Waals surface area (Å²) >= 11 is 1.25. The van der Waals surface area contributed by atoms with Crippen molar-refractivity contribution in [1.29, 1.82) is 0 Å².